The Hall–Kier alpha value is -0.600. The van der Waals surface area contributed by atoms with Crippen LogP contribution in [-0.4, -0.2) is 11.6 Å². The molecule has 1 rings (SSSR count). The molecule has 0 radical (unpaired) electrons. The van der Waals surface area contributed by atoms with Crippen molar-refractivity contribution in [2.24, 2.45) is 10.8 Å². The lowest BCUT2D eigenvalue weighted by atomic mass is 9.74. The fourth-order valence-corrected chi connectivity index (χ4v) is 2.91. The van der Waals surface area contributed by atoms with Crippen LogP contribution in [0.3, 0.4) is 0 Å². The van der Waals surface area contributed by atoms with E-state index in [-0.39, 0.29) is 21.6 Å². The van der Waals surface area contributed by atoms with Crippen LogP contribution < -0.4 is 0 Å². The summed E-state index contributed by atoms with van der Waals surface area (Å²) in [5.41, 5.74) is -0.417. The predicted octanol–water partition coefficient (Wildman–Crippen LogP) is 4.22. The van der Waals surface area contributed by atoms with Gasteiger partial charge in [0.1, 0.15) is 0 Å². The highest BCUT2D eigenvalue weighted by Crippen LogP contribution is 2.43. The number of rotatable bonds is 0. The minimum atomic E-state index is -0.507. The van der Waals surface area contributed by atoms with Crippen LogP contribution >= 0.6 is 23.2 Å². The molecule has 0 bridgehead atoms. The van der Waals surface area contributed by atoms with Gasteiger partial charge in [-0.25, -0.2) is 0 Å². The van der Waals surface area contributed by atoms with E-state index in [9.17, 15) is 9.59 Å². The molecule has 100 valence electrons. The summed E-state index contributed by atoms with van der Waals surface area (Å²) in [6.07, 6.45) is 0. The molecular formula is C14H18Cl2O2. The number of hydrogen-bond donors (Lipinski definition) is 0. The van der Waals surface area contributed by atoms with Gasteiger partial charge in [0.2, 0.25) is 11.6 Å². The maximum absolute atomic E-state index is 12.3. The van der Waals surface area contributed by atoms with E-state index in [0.717, 1.165) is 0 Å². The standard InChI is InChI=1S/C14H18Cl2O2/c1-13(2,3)7-9(15)12(18)8(14(4,5)6)10(16)11(7)17/h1-6H3. The summed E-state index contributed by atoms with van der Waals surface area (Å²) in [6.45, 7) is 11.0. The van der Waals surface area contributed by atoms with Crippen molar-refractivity contribution < 1.29 is 9.59 Å². The van der Waals surface area contributed by atoms with E-state index in [1.54, 1.807) is 0 Å². The summed E-state index contributed by atoms with van der Waals surface area (Å²) < 4.78 is 0. The van der Waals surface area contributed by atoms with Gasteiger partial charge in [0.05, 0.1) is 10.1 Å². The summed E-state index contributed by atoms with van der Waals surface area (Å²) in [5.74, 6) is -0.669. The number of Topliss-reactive ketones (excluding diaryl/α,β-unsaturated/α-hetero) is 2. The molecule has 0 aromatic rings. The molecule has 0 fully saturated rings. The number of carbonyl (C=O) groups excluding carboxylic acids is 2. The van der Waals surface area contributed by atoms with Gasteiger partial charge in [-0.05, 0) is 10.8 Å². The van der Waals surface area contributed by atoms with Crippen LogP contribution in [0.25, 0.3) is 0 Å². The van der Waals surface area contributed by atoms with Gasteiger partial charge in [-0.2, -0.15) is 0 Å². The third kappa shape index (κ3) is 2.55. The first-order valence-corrected chi connectivity index (χ1v) is 6.54. The van der Waals surface area contributed by atoms with E-state index in [4.69, 9.17) is 23.2 Å². The minimum Gasteiger partial charge on any atom is -0.288 e. The highest BCUT2D eigenvalue weighted by Gasteiger charge is 2.41. The maximum Gasteiger partial charge on any atom is 0.202 e. The van der Waals surface area contributed by atoms with Gasteiger partial charge in [0, 0.05) is 11.1 Å². The summed E-state index contributed by atoms with van der Waals surface area (Å²) in [7, 11) is 0. The Kier molecular flexibility index (Phi) is 3.86. The Morgan fingerprint density at radius 2 is 0.889 bits per heavy atom. The molecule has 18 heavy (non-hydrogen) atoms. The molecular weight excluding hydrogens is 271 g/mol. The SMILES string of the molecule is CC(C)(C)C1=C(Cl)C(=O)C(C(C)(C)C)=C(Cl)C1=O. The van der Waals surface area contributed by atoms with E-state index in [0.29, 0.717) is 11.1 Å². The van der Waals surface area contributed by atoms with E-state index >= 15 is 0 Å². The molecule has 0 aliphatic heterocycles. The molecule has 0 unspecified atom stereocenters. The van der Waals surface area contributed by atoms with Crippen LogP contribution in [0.15, 0.2) is 21.2 Å². The first kappa shape index (κ1) is 15.5. The van der Waals surface area contributed by atoms with Gasteiger partial charge in [-0.3, -0.25) is 9.59 Å². The van der Waals surface area contributed by atoms with Crippen LogP contribution in [0.5, 0.6) is 0 Å². The number of carbonyl (C=O) groups is 2. The van der Waals surface area contributed by atoms with Gasteiger partial charge < -0.3 is 0 Å². The Balaban J connectivity index is 3.52. The van der Waals surface area contributed by atoms with Gasteiger partial charge in [0.25, 0.3) is 0 Å². The van der Waals surface area contributed by atoms with E-state index in [1.165, 1.54) is 0 Å². The average Bonchev–Trinajstić information content (AvgIpc) is 2.10. The fourth-order valence-electron chi connectivity index (χ4n) is 1.99. The lowest BCUT2D eigenvalue weighted by Gasteiger charge is -2.31. The van der Waals surface area contributed by atoms with Crippen molar-refractivity contribution in [3.63, 3.8) is 0 Å². The molecule has 1 aliphatic carbocycles. The zero-order valence-corrected chi connectivity index (χ0v) is 13.1. The Bertz CT molecular complexity index is 437. The largest absolute Gasteiger partial charge is 0.288 e. The molecule has 4 heteroatoms. The van der Waals surface area contributed by atoms with Crippen molar-refractivity contribution in [1.82, 2.24) is 0 Å². The van der Waals surface area contributed by atoms with Crippen molar-refractivity contribution in [1.29, 1.82) is 0 Å². The molecule has 0 N–H and O–H groups in total. The first-order valence-electron chi connectivity index (χ1n) is 5.79. The van der Waals surface area contributed by atoms with E-state index in [2.05, 4.69) is 0 Å². The Morgan fingerprint density at radius 1 is 0.667 bits per heavy atom. The molecule has 0 saturated heterocycles. The van der Waals surface area contributed by atoms with Crippen molar-refractivity contribution in [3.8, 4) is 0 Å². The lowest BCUT2D eigenvalue weighted by molar-refractivity contribution is -0.117. The molecule has 0 aromatic carbocycles. The van der Waals surface area contributed by atoms with Gasteiger partial charge in [0.15, 0.2) is 0 Å². The van der Waals surface area contributed by atoms with Gasteiger partial charge in [-0.1, -0.05) is 64.7 Å². The molecule has 0 spiro atoms. The van der Waals surface area contributed by atoms with Gasteiger partial charge in [-0.15, -0.1) is 0 Å². The zero-order valence-electron chi connectivity index (χ0n) is 11.6. The molecule has 0 atom stereocenters. The topological polar surface area (TPSA) is 34.1 Å². The zero-order chi connectivity index (χ0) is 14.5. The summed E-state index contributed by atoms with van der Waals surface area (Å²) in [6, 6.07) is 0. The van der Waals surface area contributed by atoms with Crippen LogP contribution in [0.4, 0.5) is 0 Å². The summed E-state index contributed by atoms with van der Waals surface area (Å²) >= 11 is 12.2. The van der Waals surface area contributed by atoms with Crippen LogP contribution in [-0.2, 0) is 9.59 Å². The van der Waals surface area contributed by atoms with Crippen LogP contribution in [0, 0.1) is 10.8 Å². The monoisotopic (exact) mass is 288 g/mol. The number of ketones is 2. The van der Waals surface area contributed by atoms with E-state index in [1.807, 2.05) is 41.5 Å². The predicted molar refractivity (Wildman–Crippen MR) is 74.7 cm³/mol. The quantitative estimate of drug-likeness (QED) is 0.626. The Morgan fingerprint density at radius 3 is 1.06 bits per heavy atom. The van der Waals surface area contributed by atoms with Crippen molar-refractivity contribution >= 4 is 34.8 Å². The molecule has 0 aromatic heterocycles. The second-order valence-corrected chi connectivity index (χ2v) is 7.29. The normalized spacial score (nSPS) is 18.9. The Labute approximate surface area is 118 Å². The van der Waals surface area contributed by atoms with E-state index < -0.39 is 10.8 Å². The van der Waals surface area contributed by atoms with Gasteiger partial charge >= 0.3 is 0 Å². The first-order chi connectivity index (χ1) is 7.89. The number of halogens is 2. The molecule has 0 saturated carbocycles. The van der Waals surface area contributed by atoms with Crippen LogP contribution in [0.1, 0.15) is 41.5 Å². The van der Waals surface area contributed by atoms with Crippen molar-refractivity contribution in [2.45, 2.75) is 41.5 Å². The maximum atomic E-state index is 12.3. The average molecular weight is 289 g/mol. The highest BCUT2D eigenvalue weighted by atomic mass is 35.5. The van der Waals surface area contributed by atoms with Crippen LogP contribution in [0.2, 0.25) is 0 Å². The molecule has 0 amide bonds. The summed E-state index contributed by atoms with van der Waals surface area (Å²) in [5, 5.41) is 0.00338. The number of allylic oxidation sites excluding steroid dienone is 4. The summed E-state index contributed by atoms with van der Waals surface area (Å²) in [4.78, 5) is 24.6. The minimum absolute atomic E-state index is 0.00169. The molecule has 2 nitrogen and oxygen atoms in total. The second kappa shape index (κ2) is 4.50. The lowest BCUT2D eigenvalue weighted by Crippen LogP contribution is -2.31. The van der Waals surface area contributed by atoms with Crippen molar-refractivity contribution in [2.75, 3.05) is 0 Å². The third-order valence-electron chi connectivity index (χ3n) is 2.79. The molecule has 1 aliphatic rings. The fraction of sp³-hybridized carbons (Fsp3) is 0.571. The smallest absolute Gasteiger partial charge is 0.202 e. The third-order valence-corrected chi connectivity index (χ3v) is 3.51. The second-order valence-electron chi connectivity index (χ2n) is 6.54. The number of hydrogen-bond acceptors (Lipinski definition) is 2. The van der Waals surface area contributed by atoms with Crippen molar-refractivity contribution in [3.05, 3.63) is 21.2 Å². The highest BCUT2D eigenvalue weighted by molar-refractivity contribution is 6.56. The molecule has 0 heterocycles.